The number of aromatic nitrogens is 3. The number of fused-ring (bicyclic) bond motifs is 1. The first-order valence-electron chi connectivity index (χ1n) is 10.7. The summed E-state index contributed by atoms with van der Waals surface area (Å²) in [5.74, 6) is 1.05. The molecule has 0 saturated heterocycles. The van der Waals surface area contributed by atoms with Crippen molar-refractivity contribution in [3.63, 3.8) is 0 Å². The number of hydrogen-bond donors (Lipinski definition) is 2. The van der Waals surface area contributed by atoms with Crippen LogP contribution in [0.4, 0.5) is 5.82 Å². The number of nitrogens with one attached hydrogen (secondary N) is 2. The van der Waals surface area contributed by atoms with Crippen LogP contribution in [-0.4, -0.2) is 40.0 Å². The topological polar surface area (TPSA) is 87.1 Å². The molecule has 1 amide bonds. The fourth-order valence-corrected chi connectivity index (χ4v) is 3.53. The number of anilines is 1. The first-order chi connectivity index (χ1) is 15.2. The molecule has 0 atom stereocenters. The molecule has 0 aliphatic heterocycles. The number of benzene rings is 1. The zero-order chi connectivity index (χ0) is 22.9. The maximum absolute atomic E-state index is 12.4. The monoisotopic (exact) mass is 431 g/mol. The van der Waals surface area contributed by atoms with Crippen molar-refractivity contribution in [3.05, 3.63) is 65.7 Å². The molecule has 0 spiro atoms. The number of carbonyl (C=O) groups excluding carboxylic acids is 1. The lowest BCUT2D eigenvalue weighted by Gasteiger charge is -2.12. The third kappa shape index (κ3) is 5.06. The zero-order valence-corrected chi connectivity index (χ0v) is 19.2. The van der Waals surface area contributed by atoms with Crippen LogP contribution in [0, 0.1) is 0 Å². The number of hydrogen-bond acceptors (Lipinski definition) is 5. The Kier molecular flexibility index (Phi) is 5.84. The number of nitrogens with zero attached hydrogens (tertiary/aromatic N) is 3. The van der Waals surface area contributed by atoms with Gasteiger partial charge in [-0.3, -0.25) is 4.79 Å². The van der Waals surface area contributed by atoms with Crippen LogP contribution >= 0.6 is 0 Å². The molecule has 3 aromatic heterocycles. The molecule has 0 radical (unpaired) electrons. The second-order valence-electron chi connectivity index (χ2n) is 9.44. The third-order valence-corrected chi connectivity index (χ3v) is 5.18. The maximum Gasteiger partial charge on any atom is 0.230 e. The summed E-state index contributed by atoms with van der Waals surface area (Å²) in [5, 5.41) is 7.83. The quantitative estimate of drug-likeness (QED) is 0.460. The van der Waals surface area contributed by atoms with Gasteiger partial charge in [0.15, 0.2) is 5.82 Å². The molecule has 32 heavy (non-hydrogen) atoms. The highest BCUT2D eigenvalue weighted by Crippen LogP contribution is 2.25. The predicted molar refractivity (Wildman–Crippen MR) is 126 cm³/mol. The van der Waals surface area contributed by atoms with Gasteiger partial charge in [-0.2, -0.15) is 0 Å². The van der Waals surface area contributed by atoms with Crippen molar-refractivity contribution in [3.8, 4) is 11.1 Å². The van der Waals surface area contributed by atoms with E-state index in [0.29, 0.717) is 5.82 Å². The molecular weight excluding hydrogens is 402 g/mol. The van der Waals surface area contributed by atoms with Crippen LogP contribution in [0.5, 0.6) is 0 Å². The lowest BCUT2D eigenvalue weighted by molar-refractivity contribution is -0.115. The molecule has 0 bridgehead atoms. The van der Waals surface area contributed by atoms with Gasteiger partial charge in [0.25, 0.3) is 0 Å². The zero-order valence-electron chi connectivity index (χ0n) is 19.2. The Hall–Kier alpha value is -3.45. The minimum atomic E-state index is -0.155. The van der Waals surface area contributed by atoms with Gasteiger partial charge in [0, 0.05) is 40.9 Å². The van der Waals surface area contributed by atoms with Gasteiger partial charge in [0.2, 0.25) is 5.91 Å². The van der Waals surface area contributed by atoms with Gasteiger partial charge in [-0.15, -0.1) is 0 Å². The Morgan fingerprint density at radius 2 is 1.84 bits per heavy atom. The van der Waals surface area contributed by atoms with E-state index in [1.54, 1.807) is 6.07 Å². The highest BCUT2D eigenvalue weighted by atomic mass is 16.5. The van der Waals surface area contributed by atoms with Gasteiger partial charge in [-0.25, -0.2) is 4.98 Å². The van der Waals surface area contributed by atoms with Crippen LogP contribution in [-0.2, 0) is 23.2 Å². The van der Waals surface area contributed by atoms with Crippen LogP contribution in [0.1, 0.15) is 37.8 Å². The maximum atomic E-state index is 12.4. The molecule has 4 rings (SSSR count). The Balaban J connectivity index is 1.42. The summed E-state index contributed by atoms with van der Waals surface area (Å²) in [5.41, 5.74) is 4.90. The highest BCUT2D eigenvalue weighted by Gasteiger charge is 2.20. The minimum absolute atomic E-state index is 0.129. The van der Waals surface area contributed by atoms with Crippen molar-refractivity contribution >= 4 is 22.8 Å². The summed E-state index contributed by atoms with van der Waals surface area (Å²) in [4.78, 5) is 22.5. The number of amides is 1. The molecule has 2 N–H and O–H groups in total. The second kappa shape index (κ2) is 8.59. The van der Waals surface area contributed by atoms with E-state index in [2.05, 4.69) is 37.5 Å². The lowest BCUT2D eigenvalue weighted by atomic mass is 9.93. The van der Waals surface area contributed by atoms with E-state index in [1.165, 1.54) is 0 Å². The molecule has 166 valence electrons. The third-order valence-electron chi connectivity index (χ3n) is 5.18. The first-order valence-corrected chi connectivity index (χ1v) is 10.7. The molecule has 1 aromatic carbocycles. The molecule has 7 nitrogen and oxygen atoms in total. The Morgan fingerprint density at radius 1 is 1.09 bits per heavy atom. The van der Waals surface area contributed by atoms with Crippen LogP contribution in [0.2, 0.25) is 0 Å². The summed E-state index contributed by atoms with van der Waals surface area (Å²) >= 11 is 0. The largest absolute Gasteiger partial charge is 0.359 e. The Bertz CT molecular complexity index is 1230. The summed E-state index contributed by atoms with van der Waals surface area (Å²) in [6, 6.07) is 14.0. The number of carbonyl (C=O) groups is 1. The number of rotatable bonds is 6. The van der Waals surface area contributed by atoms with Gasteiger partial charge in [0.05, 0.1) is 6.42 Å². The van der Waals surface area contributed by atoms with Crippen molar-refractivity contribution < 1.29 is 9.32 Å². The molecule has 0 unspecified atom stereocenters. The summed E-state index contributed by atoms with van der Waals surface area (Å²) in [7, 11) is 4.09. The summed E-state index contributed by atoms with van der Waals surface area (Å²) in [6.45, 7) is 6.94. The van der Waals surface area contributed by atoms with E-state index < -0.39 is 0 Å². The molecular formula is C25H29N5O2. The van der Waals surface area contributed by atoms with E-state index in [0.717, 1.165) is 45.7 Å². The fourth-order valence-electron chi connectivity index (χ4n) is 3.53. The normalized spacial score (nSPS) is 11.9. The average molecular weight is 432 g/mol. The highest BCUT2D eigenvalue weighted by molar-refractivity contribution is 5.91. The van der Waals surface area contributed by atoms with Crippen molar-refractivity contribution in [2.24, 2.45) is 0 Å². The molecule has 4 aromatic rings. The smallest absolute Gasteiger partial charge is 0.230 e. The van der Waals surface area contributed by atoms with Crippen molar-refractivity contribution in [2.75, 3.05) is 19.4 Å². The first kappa shape index (κ1) is 21.8. The number of pyridine rings is 1. The van der Waals surface area contributed by atoms with Gasteiger partial charge >= 0.3 is 0 Å². The van der Waals surface area contributed by atoms with E-state index in [9.17, 15) is 4.79 Å². The fraction of sp³-hybridized carbons (Fsp3) is 0.320. The van der Waals surface area contributed by atoms with Gasteiger partial charge in [0.1, 0.15) is 11.4 Å². The standard InChI is InChI=1S/C25H29N5O2/c1-25(2,3)21-13-22(29-32-21)28-23(31)10-16-6-8-17(9-7-16)19-11-18-12-20(15-30(4)5)27-24(18)26-14-19/h6-9,11-14H,10,15H2,1-5H3,(H,26,27)(H,28,29,31). The van der Waals surface area contributed by atoms with Gasteiger partial charge in [-0.1, -0.05) is 50.2 Å². The molecule has 0 fully saturated rings. The Labute approximate surface area is 187 Å². The van der Waals surface area contributed by atoms with Crippen molar-refractivity contribution in [1.29, 1.82) is 0 Å². The predicted octanol–water partition coefficient (Wildman–Crippen LogP) is 4.76. The SMILES string of the molecule is CN(C)Cc1cc2cc(-c3ccc(CC(=O)Nc4cc(C(C)(C)C)on4)cc3)cnc2[nH]1. The van der Waals surface area contributed by atoms with E-state index in [4.69, 9.17) is 4.52 Å². The van der Waals surface area contributed by atoms with Crippen LogP contribution in [0.3, 0.4) is 0 Å². The van der Waals surface area contributed by atoms with Crippen LogP contribution < -0.4 is 5.32 Å². The van der Waals surface area contributed by atoms with E-state index >= 15 is 0 Å². The lowest BCUT2D eigenvalue weighted by Crippen LogP contribution is -2.14. The van der Waals surface area contributed by atoms with E-state index in [1.807, 2.05) is 65.3 Å². The van der Waals surface area contributed by atoms with E-state index in [-0.39, 0.29) is 17.7 Å². The molecule has 0 aliphatic rings. The molecule has 0 saturated carbocycles. The van der Waals surface area contributed by atoms with Crippen LogP contribution in [0.25, 0.3) is 22.2 Å². The number of H-pyrrole nitrogens is 1. The number of aromatic amines is 1. The van der Waals surface area contributed by atoms with Crippen molar-refractivity contribution in [2.45, 2.75) is 39.2 Å². The van der Waals surface area contributed by atoms with Crippen molar-refractivity contribution in [1.82, 2.24) is 20.0 Å². The molecule has 7 heteroatoms. The summed E-state index contributed by atoms with van der Waals surface area (Å²) < 4.78 is 5.32. The molecule has 3 heterocycles. The minimum Gasteiger partial charge on any atom is -0.359 e. The second-order valence-corrected chi connectivity index (χ2v) is 9.44. The van der Waals surface area contributed by atoms with Gasteiger partial charge < -0.3 is 19.7 Å². The molecule has 0 aliphatic carbocycles. The van der Waals surface area contributed by atoms with Gasteiger partial charge in [-0.05, 0) is 37.4 Å². The van der Waals surface area contributed by atoms with Crippen LogP contribution in [0.15, 0.2) is 53.2 Å². The average Bonchev–Trinajstić information content (AvgIpc) is 3.33. The Morgan fingerprint density at radius 3 is 2.50 bits per heavy atom. The summed E-state index contributed by atoms with van der Waals surface area (Å²) in [6.07, 6.45) is 2.14.